The maximum Gasteiger partial charge on any atom is 0.168 e. The predicted octanol–water partition coefficient (Wildman–Crippen LogP) is 3.62. The molecule has 0 radical (unpaired) electrons. The van der Waals surface area contributed by atoms with Crippen molar-refractivity contribution in [3.63, 3.8) is 0 Å². The van der Waals surface area contributed by atoms with Gasteiger partial charge in [-0.2, -0.15) is 0 Å². The summed E-state index contributed by atoms with van der Waals surface area (Å²) in [5.41, 5.74) is 0.240. The van der Waals surface area contributed by atoms with Crippen LogP contribution in [-0.4, -0.2) is 16.5 Å². The van der Waals surface area contributed by atoms with Crippen molar-refractivity contribution in [2.75, 3.05) is 0 Å². The molecule has 0 spiro atoms. The van der Waals surface area contributed by atoms with Gasteiger partial charge in [0.05, 0.1) is 0 Å². The number of Topliss-reactive ketones (excluding diaryl/α,β-unsaturated/α-hetero) is 1. The highest BCUT2D eigenvalue weighted by Gasteiger charge is 2.41. The smallest absolute Gasteiger partial charge is 0.168 e. The Morgan fingerprint density at radius 2 is 2.00 bits per heavy atom. The molecule has 1 unspecified atom stereocenters. The minimum absolute atomic E-state index is 0.0724. The lowest BCUT2D eigenvalue weighted by Crippen LogP contribution is -2.42. The van der Waals surface area contributed by atoms with Gasteiger partial charge in [-0.05, 0) is 49.5 Å². The predicted molar refractivity (Wildman–Crippen MR) is 73.5 cm³/mol. The van der Waals surface area contributed by atoms with E-state index < -0.39 is 5.60 Å². The van der Waals surface area contributed by atoms with Crippen LogP contribution in [-0.2, 0) is 4.79 Å². The molecule has 1 saturated carbocycles. The summed E-state index contributed by atoms with van der Waals surface area (Å²) in [6.45, 7) is 1.85. The first kappa shape index (κ1) is 13.3. The average Bonchev–Trinajstić information content (AvgIpc) is 2.36. The number of aliphatic hydroxyl groups is 1. The van der Waals surface area contributed by atoms with E-state index in [0.717, 1.165) is 18.4 Å². The third kappa shape index (κ3) is 2.36. The Labute approximate surface area is 112 Å². The molecule has 96 valence electrons. The normalized spacial score (nSPS) is 25.3. The highest BCUT2D eigenvalue weighted by Crippen LogP contribution is 2.37. The topological polar surface area (TPSA) is 37.3 Å². The average molecular weight is 265 g/mol. The van der Waals surface area contributed by atoms with Gasteiger partial charge < -0.3 is 5.11 Å². The molecule has 3 heteroatoms. The van der Waals surface area contributed by atoms with E-state index in [4.69, 9.17) is 11.6 Å². The van der Waals surface area contributed by atoms with E-state index in [9.17, 15) is 9.90 Å². The van der Waals surface area contributed by atoms with Crippen molar-refractivity contribution in [3.05, 3.63) is 40.9 Å². The third-order valence-corrected chi connectivity index (χ3v) is 3.80. The number of carbonyl (C=O) groups is 1. The molecule has 0 aromatic heterocycles. The largest absolute Gasteiger partial charge is 0.377 e. The maximum atomic E-state index is 12.0. The number of benzene rings is 1. The van der Waals surface area contributed by atoms with Crippen LogP contribution in [0.2, 0.25) is 5.02 Å². The Morgan fingerprint density at radius 3 is 2.56 bits per heavy atom. The fourth-order valence-corrected chi connectivity index (χ4v) is 2.70. The molecule has 18 heavy (non-hydrogen) atoms. The summed E-state index contributed by atoms with van der Waals surface area (Å²) in [4.78, 5) is 12.0. The summed E-state index contributed by atoms with van der Waals surface area (Å²) >= 11 is 5.86. The highest BCUT2D eigenvalue weighted by atomic mass is 35.5. The molecule has 0 bridgehead atoms. The summed E-state index contributed by atoms with van der Waals surface area (Å²) in [7, 11) is 0. The molecule has 1 aromatic rings. The first-order valence-corrected chi connectivity index (χ1v) is 6.64. The molecule has 0 amide bonds. The standard InChI is InChI=1S/C15H17ClO2/c1-2-13(11-6-8-12(16)9-7-11)15(18)10-4-3-5-14(15)17/h2,6-9,18H,3-5,10H2,1H3/b13-2-. The Hall–Kier alpha value is -1.12. The van der Waals surface area contributed by atoms with Gasteiger partial charge in [0.1, 0.15) is 5.60 Å². The first-order valence-electron chi connectivity index (χ1n) is 6.26. The molecule has 2 nitrogen and oxygen atoms in total. The lowest BCUT2D eigenvalue weighted by molar-refractivity contribution is -0.134. The molecule has 1 aliphatic carbocycles. The van der Waals surface area contributed by atoms with Crippen LogP contribution in [0.25, 0.3) is 5.57 Å². The van der Waals surface area contributed by atoms with Crippen molar-refractivity contribution in [1.29, 1.82) is 0 Å². The van der Waals surface area contributed by atoms with Crippen LogP contribution in [0.15, 0.2) is 30.3 Å². The number of hydrogen-bond acceptors (Lipinski definition) is 2. The number of allylic oxidation sites excluding steroid dienone is 1. The van der Waals surface area contributed by atoms with Gasteiger partial charge in [0.25, 0.3) is 0 Å². The molecule has 0 saturated heterocycles. The van der Waals surface area contributed by atoms with Crippen LogP contribution in [0.1, 0.15) is 38.2 Å². The lowest BCUT2D eigenvalue weighted by atomic mass is 9.76. The van der Waals surface area contributed by atoms with Crippen LogP contribution in [0.4, 0.5) is 0 Å². The third-order valence-electron chi connectivity index (χ3n) is 3.54. The van der Waals surface area contributed by atoms with Gasteiger partial charge in [-0.25, -0.2) is 0 Å². The zero-order valence-electron chi connectivity index (χ0n) is 10.4. The summed E-state index contributed by atoms with van der Waals surface area (Å²) < 4.78 is 0. The number of carbonyl (C=O) groups excluding carboxylic acids is 1. The van der Waals surface area contributed by atoms with E-state index >= 15 is 0 Å². The van der Waals surface area contributed by atoms with Crippen molar-refractivity contribution in [1.82, 2.24) is 0 Å². The maximum absolute atomic E-state index is 12.0. The van der Waals surface area contributed by atoms with Crippen molar-refractivity contribution >= 4 is 23.0 Å². The van der Waals surface area contributed by atoms with Gasteiger partial charge in [-0.15, -0.1) is 0 Å². The fraction of sp³-hybridized carbons (Fsp3) is 0.400. The van der Waals surface area contributed by atoms with Crippen LogP contribution in [0.3, 0.4) is 0 Å². The molecular weight excluding hydrogens is 248 g/mol. The fourth-order valence-electron chi connectivity index (χ4n) is 2.57. The van der Waals surface area contributed by atoms with Crippen LogP contribution in [0, 0.1) is 0 Å². The van der Waals surface area contributed by atoms with Gasteiger partial charge in [0.15, 0.2) is 5.78 Å². The van der Waals surface area contributed by atoms with Gasteiger partial charge in [0, 0.05) is 11.4 Å². The molecule has 1 fully saturated rings. The minimum Gasteiger partial charge on any atom is -0.377 e. The lowest BCUT2D eigenvalue weighted by Gasteiger charge is -2.33. The van der Waals surface area contributed by atoms with Crippen LogP contribution >= 0.6 is 11.6 Å². The Balaban J connectivity index is 2.39. The van der Waals surface area contributed by atoms with Gasteiger partial charge in [-0.3, -0.25) is 4.79 Å². The quantitative estimate of drug-likeness (QED) is 0.886. The number of hydrogen-bond donors (Lipinski definition) is 1. The molecule has 2 rings (SSSR count). The highest BCUT2D eigenvalue weighted by molar-refractivity contribution is 6.30. The molecule has 1 atom stereocenters. The number of rotatable bonds is 2. The Morgan fingerprint density at radius 1 is 1.33 bits per heavy atom. The monoisotopic (exact) mass is 264 g/mol. The summed E-state index contributed by atoms with van der Waals surface area (Å²) in [6.07, 6.45) is 4.55. The van der Waals surface area contributed by atoms with Crippen LogP contribution < -0.4 is 0 Å². The summed E-state index contributed by atoms with van der Waals surface area (Å²) in [6, 6.07) is 7.24. The second kappa shape index (κ2) is 5.25. The van der Waals surface area contributed by atoms with Crippen molar-refractivity contribution in [3.8, 4) is 0 Å². The van der Waals surface area contributed by atoms with Crippen LogP contribution in [0.5, 0.6) is 0 Å². The molecular formula is C15H17ClO2. The SMILES string of the molecule is C/C=C(/c1ccc(Cl)cc1)C1(O)CCCCC1=O. The number of halogens is 1. The van der Waals surface area contributed by atoms with E-state index in [1.165, 1.54) is 0 Å². The van der Waals surface area contributed by atoms with E-state index in [-0.39, 0.29) is 5.78 Å². The molecule has 0 aliphatic heterocycles. The van der Waals surface area contributed by atoms with Gasteiger partial charge in [-0.1, -0.05) is 29.8 Å². The van der Waals surface area contributed by atoms with Crippen molar-refractivity contribution < 1.29 is 9.90 Å². The van der Waals surface area contributed by atoms with Gasteiger partial charge >= 0.3 is 0 Å². The summed E-state index contributed by atoms with van der Waals surface area (Å²) in [5.74, 6) is -0.0724. The zero-order chi connectivity index (χ0) is 13.2. The van der Waals surface area contributed by atoms with E-state index in [2.05, 4.69) is 0 Å². The minimum atomic E-state index is -1.32. The van der Waals surface area contributed by atoms with Gasteiger partial charge in [0.2, 0.25) is 0 Å². The molecule has 1 N–H and O–H groups in total. The number of ketones is 1. The summed E-state index contributed by atoms with van der Waals surface area (Å²) in [5, 5.41) is 11.3. The molecule has 1 aliphatic rings. The van der Waals surface area contributed by atoms with E-state index in [1.807, 2.05) is 25.1 Å². The Kier molecular flexibility index (Phi) is 3.88. The van der Waals surface area contributed by atoms with Crippen molar-refractivity contribution in [2.24, 2.45) is 0 Å². The molecule has 0 heterocycles. The van der Waals surface area contributed by atoms with E-state index in [0.29, 0.717) is 23.4 Å². The Bertz CT molecular complexity index is 476. The first-order chi connectivity index (χ1) is 8.58. The van der Waals surface area contributed by atoms with E-state index in [1.54, 1.807) is 12.1 Å². The second-order valence-electron chi connectivity index (χ2n) is 4.70. The second-order valence-corrected chi connectivity index (χ2v) is 5.14. The van der Waals surface area contributed by atoms with Crippen molar-refractivity contribution in [2.45, 2.75) is 38.2 Å². The molecule has 1 aromatic carbocycles. The zero-order valence-corrected chi connectivity index (χ0v) is 11.2.